The number of nitrogens with zero attached hydrogens (tertiary/aromatic N) is 3. The van der Waals surface area contributed by atoms with E-state index in [4.69, 9.17) is 5.26 Å². The van der Waals surface area contributed by atoms with Gasteiger partial charge in [-0.1, -0.05) is 0 Å². The second kappa shape index (κ2) is 5.65. The fourth-order valence-corrected chi connectivity index (χ4v) is 2.26. The Morgan fingerprint density at radius 1 is 1.47 bits per heavy atom. The van der Waals surface area contributed by atoms with Crippen molar-refractivity contribution < 1.29 is 0 Å². The Hall–Kier alpha value is -1.60. The van der Waals surface area contributed by atoms with E-state index in [0.29, 0.717) is 11.6 Å². The van der Waals surface area contributed by atoms with Crippen LogP contribution in [0.15, 0.2) is 18.3 Å². The Morgan fingerprint density at radius 3 is 3.18 bits per heavy atom. The highest BCUT2D eigenvalue weighted by Gasteiger charge is 2.17. The molecule has 0 aliphatic carbocycles. The van der Waals surface area contributed by atoms with Crippen molar-refractivity contribution in [2.24, 2.45) is 0 Å². The first kappa shape index (κ1) is 11.9. The monoisotopic (exact) mass is 230 g/mol. The molecule has 1 fully saturated rings. The van der Waals surface area contributed by atoms with Gasteiger partial charge in [0, 0.05) is 19.3 Å². The van der Waals surface area contributed by atoms with Crippen molar-refractivity contribution in [3.8, 4) is 6.07 Å². The average Bonchev–Trinajstić information content (AvgIpc) is 2.67. The van der Waals surface area contributed by atoms with Gasteiger partial charge in [0.05, 0.1) is 11.6 Å². The Bertz CT molecular complexity index is 402. The highest BCUT2D eigenvalue weighted by atomic mass is 15.2. The van der Waals surface area contributed by atoms with E-state index < -0.39 is 0 Å². The zero-order valence-corrected chi connectivity index (χ0v) is 10.2. The molecular weight excluding hydrogens is 212 g/mol. The van der Waals surface area contributed by atoms with Crippen LogP contribution in [0.4, 0.5) is 5.82 Å². The number of aromatic nitrogens is 1. The van der Waals surface area contributed by atoms with Crippen LogP contribution in [0.2, 0.25) is 0 Å². The number of pyridine rings is 1. The normalized spacial score (nSPS) is 20.4. The van der Waals surface area contributed by atoms with Crippen molar-refractivity contribution in [3.63, 3.8) is 0 Å². The Morgan fingerprint density at radius 2 is 2.35 bits per heavy atom. The maximum Gasteiger partial charge on any atom is 0.129 e. The first-order valence-corrected chi connectivity index (χ1v) is 6.11. The number of nitrogens with one attached hydrogen (secondary N) is 1. The lowest BCUT2D eigenvalue weighted by Gasteiger charge is -2.28. The van der Waals surface area contributed by atoms with Gasteiger partial charge in [-0.15, -0.1) is 0 Å². The van der Waals surface area contributed by atoms with Crippen LogP contribution in [0, 0.1) is 11.3 Å². The van der Waals surface area contributed by atoms with Crippen molar-refractivity contribution in [3.05, 3.63) is 23.9 Å². The molecule has 0 saturated carbocycles. The highest BCUT2D eigenvalue weighted by Crippen LogP contribution is 2.19. The molecule has 4 heteroatoms. The molecule has 1 unspecified atom stereocenters. The molecule has 1 aromatic rings. The summed E-state index contributed by atoms with van der Waals surface area (Å²) < 4.78 is 0. The fraction of sp³-hybridized carbons (Fsp3) is 0.538. The largest absolute Gasteiger partial charge is 0.357 e. The van der Waals surface area contributed by atoms with E-state index in [1.54, 1.807) is 12.3 Å². The molecule has 1 aliphatic rings. The molecule has 90 valence electrons. The minimum atomic E-state index is 0.520. The van der Waals surface area contributed by atoms with Gasteiger partial charge in [0.15, 0.2) is 0 Å². The number of anilines is 1. The summed E-state index contributed by atoms with van der Waals surface area (Å²) in [5.41, 5.74) is 0.675. The Kier molecular flexibility index (Phi) is 3.94. The minimum Gasteiger partial charge on any atom is -0.357 e. The van der Waals surface area contributed by atoms with Gasteiger partial charge < -0.3 is 10.2 Å². The summed E-state index contributed by atoms with van der Waals surface area (Å²) >= 11 is 0. The van der Waals surface area contributed by atoms with Crippen LogP contribution in [-0.4, -0.2) is 31.2 Å². The maximum absolute atomic E-state index is 8.89. The molecule has 4 nitrogen and oxygen atoms in total. The molecule has 0 spiro atoms. The van der Waals surface area contributed by atoms with E-state index >= 15 is 0 Å². The molecule has 1 aromatic heterocycles. The van der Waals surface area contributed by atoms with Crippen LogP contribution >= 0.6 is 0 Å². The summed E-state index contributed by atoms with van der Waals surface area (Å²) in [6.07, 6.45) is 5.23. The van der Waals surface area contributed by atoms with Gasteiger partial charge in [-0.05, 0) is 44.5 Å². The lowest BCUT2D eigenvalue weighted by molar-refractivity contribution is 0.562. The van der Waals surface area contributed by atoms with Crippen LogP contribution in [0.25, 0.3) is 0 Å². The maximum atomic E-state index is 8.89. The van der Waals surface area contributed by atoms with Crippen LogP contribution in [0.5, 0.6) is 0 Å². The van der Waals surface area contributed by atoms with Gasteiger partial charge in [-0.25, -0.2) is 4.98 Å². The lowest BCUT2D eigenvalue weighted by Crippen LogP contribution is -2.33. The second-order valence-corrected chi connectivity index (χ2v) is 4.46. The minimum absolute atomic E-state index is 0.520. The molecule has 2 heterocycles. The van der Waals surface area contributed by atoms with E-state index in [9.17, 15) is 0 Å². The van der Waals surface area contributed by atoms with Gasteiger partial charge in [-0.2, -0.15) is 5.26 Å². The first-order chi connectivity index (χ1) is 8.31. The fourth-order valence-electron chi connectivity index (χ4n) is 2.26. The van der Waals surface area contributed by atoms with E-state index in [1.807, 2.05) is 6.07 Å². The van der Waals surface area contributed by atoms with E-state index in [2.05, 4.69) is 28.3 Å². The van der Waals surface area contributed by atoms with E-state index in [0.717, 1.165) is 25.3 Å². The summed E-state index contributed by atoms with van der Waals surface area (Å²) in [6, 6.07) is 6.28. The molecule has 0 radical (unpaired) electrons. The van der Waals surface area contributed by atoms with Gasteiger partial charge in [0.2, 0.25) is 0 Å². The van der Waals surface area contributed by atoms with Gasteiger partial charge in [0.25, 0.3) is 0 Å². The molecule has 1 N–H and O–H groups in total. The lowest BCUT2D eigenvalue weighted by atomic mass is 10.1. The predicted octanol–water partition coefficient (Wildman–Crippen LogP) is 1.53. The van der Waals surface area contributed by atoms with Crippen LogP contribution in [-0.2, 0) is 0 Å². The molecule has 1 aliphatic heterocycles. The third kappa shape index (κ3) is 2.95. The summed E-state index contributed by atoms with van der Waals surface area (Å²) in [4.78, 5) is 6.55. The molecule has 0 amide bonds. The molecule has 0 bridgehead atoms. The Labute approximate surface area is 102 Å². The van der Waals surface area contributed by atoms with Gasteiger partial charge >= 0.3 is 0 Å². The smallest absolute Gasteiger partial charge is 0.129 e. The molecule has 1 saturated heterocycles. The number of hydrogen-bond donors (Lipinski definition) is 1. The third-order valence-corrected chi connectivity index (χ3v) is 3.33. The van der Waals surface area contributed by atoms with Crippen molar-refractivity contribution in [2.75, 3.05) is 25.0 Å². The Balaban J connectivity index is 2.12. The number of hydrogen-bond acceptors (Lipinski definition) is 4. The molecule has 2 rings (SSSR count). The molecular formula is C13H18N4. The van der Waals surface area contributed by atoms with E-state index in [1.165, 1.54) is 12.8 Å². The van der Waals surface area contributed by atoms with Crippen LogP contribution in [0.3, 0.4) is 0 Å². The summed E-state index contributed by atoms with van der Waals surface area (Å²) in [7, 11) is 2.07. The van der Waals surface area contributed by atoms with Crippen molar-refractivity contribution in [1.82, 2.24) is 10.3 Å². The summed E-state index contributed by atoms with van der Waals surface area (Å²) in [5.74, 6) is 0.899. The van der Waals surface area contributed by atoms with Crippen LogP contribution in [0.1, 0.15) is 24.8 Å². The zero-order valence-electron chi connectivity index (χ0n) is 10.2. The number of rotatable bonds is 2. The summed E-state index contributed by atoms with van der Waals surface area (Å²) in [6.45, 7) is 2.17. The van der Waals surface area contributed by atoms with Crippen molar-refractivity contribution >= 4 is 5.82 Å². The average molecular weight is 230 g/mol. The first-order valence-electron chi connectivity index (χ1n) is 6.11. The highest BCUT2D eigenvalue weighted by molar-refractivity contribution is 5.45. The quantitative estimate of drug-likeness (QED) is 0.837. The molecule has 0 aromatic carbocycles. The zero-order chi connectivity index (χ0) is 12.1. The van der Waals surface area contributed by atoms with E-state index in [-0.39, 0.29) is 0 Å². The summed E-state index contributed by atoms with van der Waals surface area (Å²) in [5, 5.41) is 12.3. The predicted molar refractivity (Wildman–Crippen MR) is 67.9 cm³/mol. The topological polar surface area (TPSA) is 52.0 Å². The van der Waals surface area contributed by atoms with Gasteiger partial charge in [-0.3, -0.25) is 0 Å². The van der Waals surface area contributed by atoms with Crippen molar-refractivity contribution in [2.45, 2.75) is 25.3 Å². The molecule has 17 heavy (non-hydrogen) atoms. The standard InChI is InChI=1S/C13H18N4/c1-17(12-3-2-6-15-7-5-12)13-9-11(10-14)4-8-16-13/h4,8-9,12,15H,2-3,5-7H2,1H3. The van der Waals surface area contributed by atoms with Crippen LogP contribution < -0.4 is 10.2 Å². The second-order valence-electron chi connectivity index (χ2n) is 4.46. The number of nitriles is 1. The van der Waals surface area contributed by atoms with Gasteiger partial charge in [0.1, 0.15) is 5.82 Å². The SMILES string of the molecule is CN(c1cc(C#N)ccn1)C1CCCNCC1. The molecule has 1 atom stereocenters. The van der Waals surface area contributed by atoms with Crippen molar-refractivity contribution in [1.29, 1.82) is 5.26 Å². The third-order valence-electron chi connectivity index (χ3n) is 3.33.